The van der Waals surface area contributed by atoms with E-state index in [4.69, 9.17) is 9.47 Å². The molecule has 3 fully saturated rings. The monoisotopic (exact) mass is 554 g/mol. The number of fused-ring (bicyclic) bond motifs is 1. The lowest BCUT2D eigenvalue weighted by Crippen LogP contribution is -2.62. The highest BCUT2D eigenvalue weighted by Gasteiger charge is 2.77. The average Bonchev–Trinajstić information content (AvgIpc) is 3.35. The molecule has 8 nitrogen and oxygen atoms in total. The molecule has 0 radical (unpaired) electrons. The fourth-order valence-electron chi connectivity index (χ4n) is 5.90. The Labute approximate surface area is 216 Å². The van der Waals surface area contributed by atoms with Crippen LogP contribution in [0, 0.1) is 17.8 Å². The van der Waals surface area contributed by atoms with E-state index < -0.39 is 47.1 Å². The second-order valence-corrected chi connectivity index (χ2v) is 12.2. The van der Waals surface area contributed by atoms with Crippen LogP contribution in [0.5, 0.6) is 0 Å². The summed E-state index contributed by atoms with van der Waals surface area (Å²) in [5, 5.41) is 10.3. The van der Waals surface area contributed by atoms with Gasteiger partial charge in [0.15, 0.2) is 0 Å². The molecule has 1 spiro atoms. The second-order valence-electron chi connectivity index (χ2n) is 11.1. The quantitative estimate of drug-likeness (QED) is 0.193. The summed E-state index contributed by atoms with van der Waals surface area (Å²) >= 11 is 3.65. The number of esters is 1. The van der Waals surface area contributed by atoms with E-state index in [9.17, 15) is 19.5 Å². The molecule has 0 aromatic rings. The number of carbonyl (C=O) groups excluding carboxylic acids is 3. The first kappa shape index (κ1) is 27.9. The number of ether oxygens (including phenoxy) is 2. The van der Waals surface area contributed by atoms with Gasteiger partial charge in [0.1, 0.15) is 11.6 Å². The first-order chi connectivity index (χ1) is 16.4. The highest BCUT2D eigenvalue weighted by atomic mass is 79.9. The second kappa shape index (κ2) is 10.3. The first-order valence-electron chi connectivity index (χ1n) is 12.3. The third-order valence-corrected chi connectivity index (χ3v) is 8.35. The molecule has 0 aromatic carbocycles. The van der Waals surface area contributed by atoms with Crippen molar-refractivity contribution in [3.63, 3.8) is 0 Å². The largest absolute Gasteiger partial charge is 0.465 e. The maximum atomic E-state index is 14.3. The van der Waals surface area contributed by atoms with Gasteiger partial charge in [0.25, 0.3) is 0 Å². The van der Waals surface area contributed by atoms with Gasteiger partial charge in [-0.05, 0) is 39.5 Å². The van der Waals surface area contributed by atoms with Gasteiger partial charge in [-0.15, -0.1) is 13.2 Å². The zero-order valence-corrected chi connectivity index (χ0v) is 23.0. The summed E-state index contributed by atoms with van der Waals surface area (Å²) in [5.74, 6) is -2.92. The fourth-order valence-corrected chi connectivity index (χ4v) is 6.85. The van der Waals surface area contributed by atoms with Crippen molar-refractivity contribution in [1.29, 1.82) is 0 Å². The van der Waals surface area contributed by atoms with Crippen LogP contribution in [0.3, 0.4) is 0 Å². The molecule has 35 heavy (non-hydrogen) atoms. The molecule has 2 amide bonds. The number of alkyl halides is 1. The Hall–Kier alpha value is -1.71. The molecule has 2 bridgehead atoms. The number of hydrogen-bond donors (Lipinski definition) is 1. The van der Waals surface area contributed by atoms with Crippen LogP contribution in [0.2, 0.25) is 0 Å². The standard InChI is InChI=1S/C26H39BrN2O6/c1-8-10-12-34-24(33)18-19-22(31)29(17(14-30)15(3)4)21(26(19)13-16(27)20(18)35-26)23(32)28(11-9-2)25(5,6)7/h8-9,15-21,30H,1-2,10-14H2,3-7H3/t16?,17-,18+,19-,20+,21?,26?/m0/s1. The van der Waals surface area contributed by atoms with Crippen molar-refractivity contribution >= 4 is 33.7 Å². The number of halogens is 1. The summed E-state index contributed by atoms with van der Waals surface area (Å²) in [5.41, 5.74) is -1.74. The summed E-state index contributed by atoms with van der Waals surface area (Å²) in [6.45, 7) is 17.2. The minimum atomic E-state index is -1.19. The Bertz CT molecular complexity index is 870. The van der Waals surface area contributed by atoms with Gasteiger partial charge in [-0.1, -0.05) is 41.9 Å². The van der Waals surface area contributed by atoms with Crippen LogP contribution in [-0.2, 0) is 23.9 Å². The number of hydrogen-bond acceptors (Lipinski definition) is 6. The lowest BCUT2D eigenvalue weighted by atomic mass is 9.70. The molecule has 7 atom stereocenters. The number of rotatable bonds is 10. The minimum absolute atomic E-state index is 0.119. The topological polar surface area (TPSA) is 96.4 Å². The van der Waals surface area contributed by atoms with Crippen LogP contribution >= 0.6 is 15.9 Å². The first-order valence-corrected chi connectivity index (χ1v) is 13.2. The van der Waals surface area contributed by atoms with E-state index in [1.807, 2.05) is 34.6 Å². The molecule has 3 aliphatic heterocycles. The van der Waals surface area contributed by atoms with E-state index in [2.05, 4.69) is 29.1 Å². The SMILES string of the molecule is C=CCCOC(=O)[C@H]1[C@@H]2OC3(CC2Br)C(C(=O)N(CC=C)C(C)(C)C)N([C@@H](CO)C(C)C)C(=O)[C@H]13. The summed E-state index contributed by atoms with van der Waals surface area (Å²) in [7, 11) is 0. The number of likely N-dealkylation sites (tertiary alicyclic amines) is 1. The van der Waals surface area contributed by atoms with Gasteiger partial charge in [-0.2, -0.15) is 0 Å². The van der Waals surface area contributed by atoms with E-state index in [1.54, 1.807) is 17.1 Å². The molecule has 3 unspecified atom stereocenters. The minimum Gasteiger partial charge on any atom is -0.465 e. The molecule has 9 heteroatoms. The molecule has 3 aliphatic rings. The van der Waals surface area contributed by atoms with Crippen molar-refractivity contribution in [2.45, 2.75) is 81.6 Å². The van der Waals surface area contributed by atoms with Crippen LogP contribution < -0.4 is 0 Å². The van der Waals surface area contributed by atoms with Crippen LogP contribution in [0.15, 0.2) is 25.3 Å². The van der Waals surface area contributed by atoms with E-state index in [1.165, 1.54) is 4.90 Å². The summed E-state index contributed by atoms with van der Waals surface area (Å²) in [4.78, 5) is 44.5. The normalized spacial score (nSPS) is 32.5. The van der Waals surface area contributed by atoms with E-state index >= 15 is 0 Å². The number of amides is 2. The van der Waals surface area contributed by atoms with Crippen molar-refractivity contribution in [3.05, 3.63) is 25.3 Å². The highest BCUT2D eigenvalue weighted by Crippen LogP contribution is 2.61. The molecular formula is C26H39BrN2O6. The third-order valence-electron chi connectivity index (χ3n) is 7.50. The van der Waals surface area contributed by atoms with E-state index in [-0.39, 0.29) is 35.8 Å². The van der Waals surface area contributed by atoms with Gasteiger partial charge >= 0.3 is 5.97 Å². The molecule has 1 N–H and O–H groups in total. The molecule has 3 saturated heterocycles. The maximum absolute atomic E-state index is 14.3. The van der Waals surface area contributed by atoms with Crippen LogP contribution in [0.25, 0.3) is 0 Å². The predicted molar refractivity (Wildman–Crippen MR) is 136 cm³/mol. The van der Waals surface area contributed by atoms with Crippen molar-refractivity contribution in [2.24, 2.45) is 17.8 Å². The zero-order chi connectivity index (χ0) is 26.3. The highest BCUT2D eigenvalue weighted by molar-refractivity contribution is 9.09. The van der Waals surface area contributed by atoms with Gasteiger partial charge in [0.2, 0.25) is 11.8 Å². The van der Waals surface area contributed by atoms with Crippen molar-refractivity contribution in [3.8, 4) is 0 Å². The Balaban J connectivity index is 2.13. The molecule has 196 valence electrons. The smallest absolute Gasteiger partial charge is 0.312 e. The number of aliphatic hydroxyl groups is 1. The lowest BCUT2D eigenvalue weighted by Gasteiger charge is -2.44. The van der Waals surface area contributed by atoms with Crippen LogP contribution in [0.1, 0.15) is 47.5 Å². The number of aliphatic hydroxyl groups excluding tert-OH is 1. The van der Waals surface area contributed by atoms with Crippen molar-refractivity contribution < 1.29 is 29.0 Å². The van der Waals surface area contributed by atoms with Crippen LogP contribution in [-0.4, -0.2) is 86.6 Å². The third kappa shape index (κ3) is 4.60. The summed E-state index contributed by atoms with van der Waals surface area (Å²) < 4.78 is 12.0. The average molecular weight is 556 g/mol. The van der Waals surface area contributed by atoms with Crippen LogP contribution in [0.4, 0.5) is 0 Å². The van der Waals surface area contributed by atoms with Gasteiger partial charge < -0.3 is 24.4 Å². The maximum Gasteiger partial charge on any atom is 0.312 e. The lowest BCUT2D eigenvalue weighted by molar-refractivity contribution is -0.158. The van der Waals surface area contributed by atoms with Gasteiger partial charge in [-0.25, -0.2) is 0 Å². The van der Waals surface area contributed by atoms with Gasteiger partial charge in [0, 0.05) is 16.9 Å². The predicted octanol–water partition coefficient (Wildman–Crippen LogP) is 2.68. The molecule has 0 aromatic heterocycles. The fraction of sp³-hybridized carbons (Fsp3) is 0.731. The van der Waals surface area contributed by atoms with E-state index in [0.717, 1.165) is 0 Å². The zero-order valence-electron chi connectivity index (χ0n) is 21.4. The Morgan fingerprint density at radius 1 is 1.34 bits per heavy atom. The van der Waals surface area contributed by atoms with Gasteiger partial charge in [0.05, 0.1) is 37.2 Å². The molecule has 3 rings (SSSR count). The Kier molecular flexibility index (Phi) is 8.24. The number of nitrogens with zero attached hydrogens (tertiary/aromatic N) is 2. The van der Waals surface area contributed by atoms with E-state index in [0.29, 0.717) is 19.4 Å². The Morgan fingerprint density at radius 2 is 2.00 bits per heavy atom. The number of carbonyl (C=O) groups is 3. The Morgan fingerprint density at radius 3 is 2.51 bits per heavy atom. The van der Waals surface area contributed by atoms with Gasteiger partial charge in [-0.3, -0.25) is 14.4 Å². The molecule has 0 aliphatic carbocycles. The molecule has 0 saturated carbocycles. The van der Waals surface area contributed by atoms with Crippen molar-refractivity contribution in [2.75, 3.05) is 19.8 Å². The molecular weight excluding hydrogens is 516 g/mol. The van der Waals surface area contributed by atoms with Crippen molar-refractivity contribution in [1.82, 2.24) is 9.80 Å². The molecule has 3 heterocycles. The summed E-state index contributed by atoms with van der Waals surface area (Å²) in [6.07, 6.45) is 3.64. The summed E-state index contributed by atoms with van der Waals surface area (Å²) in [6, 6.07) is -1.58.